The van der Waals surface area contributed by atoms with Crippen LogP contribution >= 0.6 is 0 Å². The van der Waals surface area contributed by atoms with Gasteiger partial charge < -0.3 is 14.7 Å². The Labute approximate surface area is 100 Å². The van der Waals surface area contributed by atoms with Crippen molar-refractivity contribution in [1.82, 2.24) is 10.2 Å². The molecule has 17 heavy (non-hydrogen) atoms. The molecule has 0 aliphatic heterocycles. The summed E-state index contributed by atoms with van der Waals surface area (Å²) in [5, 5.41) is 16.8. The van der Waals surface area contributed by atoms with E-state index in [-0.39, 0.29) is 11.6 Å². The second-order valence-electron chi connectivity index (χ2n) is 3.66. The van der Waals surface area contributed by atoms with Gasteiger partial charge in [0.15, 0.2) is 5.82 Å². The van der Waals surface area contributed by atoms with Gasteiger partial charge in [0.2, 0.25) is 0 Å². The van der Waals surface area contributed by atoms with Gasteiger partial charge in [-0.05, 0) is 19.9 Å². The van der Waals surface area contributed by atoms with Crippen LogP contribution in [0.3, 0.4) is 0 Å². The molecule has 0 aromatic carbocycles. The summed E-state index contributed by atoms with van der Waals surface area (Å²) in [7, 11) is 1.61. The lowest BCUT2D eigenvalue weighted by Crippen LogP contribution is -2.38. The summed E-state index contributed by atoms with van der Waals surface area (Å²) < 4.78 is 5.07. The molecule has 0 saturated carbocycles. The normalized spacial score (nSPS) is 12.2. The van der Waals surface area contributed by atoms with Crippen molar-refractivity contribution in [2.24, 2.45) is 0 Å². The molecular weight excluding hydrogens is 222 g/mol. The van der Waals surface area contributed by atoms with Crippen molar-refractivity contribution < 1.29 is 14.6 Å². The van der Waals surface area contributed by atoms with E-state index in [1.165, 1.54) is 12.3 Å². The molecule has 0 radical (unpaired) electrons. The highest BCUT2D eigenvalue weighted by atomic mass is 16.5. The van der Waals surface area contributed by atoms with E-state index in [4.69, 9.17) is 9.84 Å². The van der Waals surface area contributed by atoms with Crippen LogP contribution in [0.25, 0.3) is 0 Å². The molecule has 0 fully saturated rings. The van der Waals surface area contributed by atoms with Crippen LogP contribution in [0.15, 0.2) is 12.3 Å². The van der Waals surface area contributed by atoms with Crippen LogP contribution in [0.5, 0.6) is 0 Å². The molecule has 0 bridgehead atoms. The summed E-state index contributed by atoms with van der Waals surface area (Å²) in [6, 6.07) is 1.49. The van der Waals surface area contributed by atoms with Crippen LogP contribution in [-0.2, 0) is 4.74 Å². The Morgan fingerprint density at radius 2 is 2.35 bits per heavy atom. The standard InChI is InChI=1S/C11H17N3O3/c1-4-14(8(2)7-17-3)10-9(11(15)16)5-6-12-13-10/h5-6,8H,4,7H2,1-3H3,(H,15,16). The van der Waals surface area contributed by atoms with E-state index in [2.05, 4.69) is 10.2 Å². The minimum absolute atomic E-state index is 0.0415. The fraction of sp³-hybridized carbons (Fsp3) is 0.545. The Morgan fingerprint density at radius 3 is 2.88 bits per heavy atom. The first-order valence-corrected chi connectivity index (χ1v) is 5.42. The molecule has 1 atom stereocenters. The molecule has 0 spiro atoms. The molecule has 1 rings (SSSR count). The molecule has 6 heteroatoms. The van der Waals surface area contributed by atoms with Crippen molar-refractivity contribution in [2.45, 2.75) is 19.9 Å². The number of hydrogen-bond donors (Lipinski definition) is 1. The second kappa shape index (κ2) is 6.15. The lowest BCUT2D eigenvalue weighted by molar-refractivity contribution is 0.0696. The number of anilines is 1. The van der Waals surface area contributed by atoms with Crippen molar-refractivity contribution in [2.75, 3.05) is 25.2 Å². The Hall–Kier alpha value is -1.69. The molecule has 1 aromatic heterocycles. The number of likely N-dealkylation sites (N-methyl/N-ethyl adjacent to an activating group) is 1. The number of carbonyl (C=O) groups is 1. The lowest BCUT2D eigenvalue weighted by Gasteiger charge is -2.28. The zero-order valence-electron chi connectivity index (χ0n) is 10.3. The van der Waals surface area contributed by atoms with Gasteiger partial charge in [0, 0.05) is 13.7 Å². The Kier molecular flexibility index (Phi) is 4.84. The smallest absolute Gasteiger partial charge is 0.339 e. The summed E-state index contributed by atoms with van der Waals surface area (Å²) in [4.78, 5) is 13.0. The first-order valence-electron chi connectivity index (χ1n) is 5.42. The molecule has 0 aliphatic rings. The topological polar surface area (TPSA) is 75.6 Å². The van der Waals surface area contributed by atoms with Gasteiger partial charge in [-0.1, -0.05) is 0 Å². The number of rotatable bonds is 6. The highest BCUT2D eigenvalue weighted by Crippen LogP contribution is 2.18. The number of carboxylic acids is 1. The zero-order valence-corrected chi connectivity index (χ0v) is 10.3. The van der Waals surface area contributed by atoms with Gasteiger partial charge in [-0.2, -0.15) is 5.10 Å². The molecular formula is C11H17N3O3. The van der Waals surface area contributed by atoms with Crippen molar-refractivity contribution in [3.05, 3.63) is 17.8 Å². The minimum atomic E-state index is -1.00. The average molecular weight is 239 g/mol. The van der Waals surface area contributed by atoms with E-state index in [1.54, 1.807) is 7.11 Å². The van der Waals surface area contributed by atoms with E-state index in [0.29, 0.717) is 19.0 Å². The van der Waals surface area contributed by atoms with Crippen LogP contribution < -0.4 is 4.90 Å². The maximum atomic E-state index is 11.1. The van der Waals surface area contributed by atoms with Gasteiger partial charge in [0.1, 0.15) is 5.56 Å². The zero-order chi connectivity index (χ0) is 12.8. The Morgan fingerprint density at radius 1 is 1.65 bits per heavy atom. The van der Waals surface area contributed by atoms with E-state index in [1.807, 2.05) is 18.7 Å². The molecule has 0 aliphatic carbocycles. The van der Waals surface area contributed by atoms with Crippen molar-refractivity contribution in [3.8, 4) is 0 Å². The molecule has 1 aromatic rings. The monoisotopic (exact) mass is 239 g/mol. The summed E-state index contributed by atoms with van der Waals surface area (Å²) in [6.45, 7) is 5.03. The molecule has 6 nitrogen and oxygen atoms in total. The Balaban J connectivity index is 3.06. The van der Waals surface area contributed by atoms with Gasteiger partial charge in [-0.15, -0.1) is 5.10 Å². The number of carboxylic acid groups (broad SMARTS) is 1. The fourth-order valence-corrected chi connectivity index (χ4v) is 1.70. The Bertz CT molecular complexity index is 384. The second-order valence-corrected chi connectivity index (χ2v) is 3.66. The van der Waals surface area contributed by atoms with Crippen molar-refractivity contribution in [3.63, 3.8) is 0 Å². The van der Waals surface area contributed by atoms with Crippen molar-refractivity contribution in [1.29, 1.82) is 0 Å². The molecule has 1 heterocycles. The van der Waals surface area contributed by atoms with Gasteiger partial charge in [-0.3, -0.25) is 0 Å². The predicted octanol–water partition coefficient (Wildman–Crippen LogP) is 1.04. The van der Waals surface area contributed by atoms with E-state index in [9.17, 15) is 4.79 Å². The molecule has 0 amide bonds. The summed E-state index contributed by atoms with van der Waals surface area (Å²) in [5.74, 6) is -0.620. The van der Waals surface area contributed by atoms with Crippen LogP contribution in [0.2, 0.25) is 0 Å². The number of aromatic nitrogens is 2. The third-order valence-electron chi connectivity index (χ3n) is 2.48. The quantitative estimate of drug-likeness (QED) is 0.799. The average Bonchev–Trinajstić information content (AvgIpc) is 2.31. The number of hydrogen-bond acceptors (Lipinski definition) is 5. The first kappa shape index (κ1) is 13.4. The van der Waals surface area contributed by atoms with E-state index < -0.39 is 5.97 Å². The summed E-state index contributed by atoms with van der Waals surface area (Å²) >= 11 is 0. The fourth-order valence-electron chi connectivity index (χ4n) is 1.70. The van der Waals surface area contributed by atoms with Crippen LogP contribution in [0, 0.1) is 0 Å². The largest absolute Gasteiger partial charge is 0.478 e. The maximum Gasteiger partial charge on any atom is 0.339 e. The van der Waals surface area contributed by atoms with Crippen LogP contribution in [-0.4, -0.2) is 47.6 Å². The number of ether oxygens (including phenoxy) is 1. The predicted molar refractivity (Wildman–Crippen MR) is 63.3 cm³/mol. The molecule has 1 N–H and O–H groups in total. The van der Waals surface area contributed by atoms with Crippen LogP contribution in [0.1, 0.15) is 24.2 Å². The number of methoxy groups -OCH3 is 1. The van der Waals surface area contributed by atoms with Gasteiger partial charge in [0.25, 0.3) is 0 Å². The third kappa shape index (κ3) is 3.13. The van der Waals surface area contributed by atoms with Crippen LogP contribution in [0.4, 0.5) is 5.82 Å². The lowest BCUT2D eigenvalue weighted by atomic mass is 10.2. The summed E-state index contributed by atoms with van der Waals surface area (Å²) in [6.07, 6.45) is 1.38. The molecule has 94 valence electrons. The maximum absolute atomic E-state index is 11.1. The summed E-state index contributed by atoms with van der Waals surface area (Å²) in [5.41, 5.74) is 0.157. The highest BCUT2D eigenvalue weighted by molar-refractivity contribution is 5.93. The minimum Gasteiger partial charge on any atom is -0.478 e. The van der Waals surface area contributed by atoms with Gasteiger partial charge in [-0.25, -0.2) is 4.79 Å². The molecule has 1 unspecified atom stereocenters. The van der Waals surface area contributed by atoms with Gasteiger partial charge >= 0.3 is 5.97 Å². The van der Waals surface area contributed by atoms with E-state index >= 15 is 0 Å². The molecule has 0 saturated heterocycles. The SMILES string of the molecule is CCN(c1nnccc1C(=O)O)C(C)COC. The first-order chi connectivity index (χ1) is 8.11. The third-order valence-corrected chi connectivity index (χ3v) is 2.48. The van der Waals surface area contributed by atoms with Gasteiger partial charge in [0.05, 0.1) is 18.8 Å². The van der Waals surface area contributed by atoms with E-state index in [0.717, 1.165) is 0 Å². The number of aromatic carboxylic acids is 1. The highest BCUT2D eigenvalue weighted by Gasteiger charge is 2.20. The van der Waals surface area contributed by atoms with Crippen molar-refractivity contribution >= 4 is 11.8 Å². The number of nitrogens with zero attached hydrogens (tertiary/aromatic N) is 3.